The Labute approximate surface area is 175 Å². The quantitative estimate of drug-likeness (QED) is 0.615. The van der Waals surface area contributed by atoms with Crippen molar-refractivity contribution in [1.82, 2.24) is 10.6 Å². The number of carbonyl (C=O) groups is 1. The number of methoxy groups -OCH3 is 1. The van der Waals surface area contributed by atoms with Crippen LogP contribution >= 0.6 is 0 Å². The van der Waals surface area contributed by atoms with Crippen LogP contribution in [0.3, 0.4) is 0 Å². The Morgan fingerprint density at radius 3 is 2.60 bits per heavy atom. The molecule has 0 aliphatic carbocycles. The SMILES string of the molecule is COc1ccc(N2CCC(NC(=O)NCC(O)COc3cccc(F)c3)CC2)cc1. The van der Waals surface area contributed by atoms with Crippen LogP contribution in [-0.4, -0.2) is 56.6 Å². The molecule has 162 valence electrons. The molecule has 1 aliphatic heterocycles. The van der Waals surface area contributed by atoms with E-state index in [4.69, 9.17) is 9.47 Å². The zero-order valence-electron chi connectivity index (χ0n) is 17.0. The first-order chi connectivity index (χ1) is 14.5. The molecule has 2 amide bonds. The first-order valence-corrected chi connectivity index (χ1v) is 10.0. The van der Waals surface area contributed by atoms with E-state index in [1.807, 2.05) is 24.3 Å². The highest BCUT2D eigenvalue weighted by Gasteiger charge is 2.21. The first-order valence-electron chi connectivity index (χ1n) is 10.0. The Morgan fingerprint density at radius 2 is 1.93 bits per heavy atom. The lowest BCUT2D eigenvalue weighted by molar-refractivity contribution is 0.107. The van der Waals surface area contributed by atoms with Gasteiger partial charge in [-0.15, -0.1) is 0 Å². The van der Waals surface area contributed by atoms with Gasteiger partial charge < -0.3 is 30.1 Å². The van der Waals surface area contributed by atoms with Crippen LogP contribution in [0, 0.1) is 5.82 Å². The predicted molar refractivity (Wildman–Crippen MR) is 113 cm³/mol. The second-order valence-corrected chi connectivity index (χ2v) is 7.24. The molecule has 7 nitrogen and oxygen atoms in total. The summed E-state index contributed by atoms with van der Waals surface area (Å²) in [6.45, 7) is 1.71. The fourth-order valence-electron chi connectivity index (χ4n) is 3.33. The second-order valence-electron chi connectivity index (χ2n) is 7.24. The maximum Gasteiger partial charge on any atom is 0.315 e. The molecule has 1 heterocycles. The zero-order valence-corrected chi connectivity index (χ0v) is 17.0. The number of nitrogens with one attached hydrogen (secondary N) is 2. The summed E-state index contributed by atoms with van der Waals surface area (Å²) < 4.78 is 23.6. The van der Waals surface area contributed by atoms with Gasteiger partial charge in [-0.25, -0.2) is 9.18 Å². The average molecular weight is 417 g/mol. The number of benzene rings is 2. The number of urea groups is 1. The van der Waals surface area contributed by atoms with Gasteiger partial charge in [0.1, 0.15) is 30.0 Å². The van der Waals surface area contributed by atoms with Crippen molar-refractivity contribution in [2.24, 2.45) is 0 Å². The number of carbonyl (C=O) groups excluding carboxylic acids is 1. The summed E-state index contributed by atoms with van der Waals surface area (Å²) in [5, 5.41) is 15.6. The third-order valence-electron chi connectivity index (χ3n) is 5.00. The number of anilines is 1. The molecule has 1 fully saturated rings. The number of aliphatic hydroxyl groups is 1. The van der Waals surface area contributed by atoms with Crippen molar-refractivity contribution in [2.75, 3.05) is 38.3 Å². The molecule has 0 spiro atoms. The van der Waals surface area contributed by atoms with Gasteiger partial charge in [-0.2, -0.15) is 0 Å². The topological polar surface area (TPSA) is 83.1 Å². The molecule has 0 aromatic heterocycles. The molecule has 1 saturated heterocycles. The van der Waals surface area contributed by atoms with E-state index in [1.54, 1.807) is 13.2 Å². The van der Waals surface area contributed by atoms with Crippen LogP contribution in [-0.2, 0) is 0 Å². The van der Waals surface area contributed by atoms with E-state index >= 15 is 0 Å². The van der Waals surface area contributed by atoms with Crippen molar-refractivity contribution in [3.05, 3.63) is 54.3 Å². The van der Waals surface area contributed by atoms with E-state index in [0.29, 0.717) is 5.75 Å². The van der Waals surface area contributed by atoms with Gasteiger partial charge in [0.2, 0.25) is 0 Å². The maximum absolute atomic E-state index is 13.1. The van der Waals surface area contributed by atoms with Crippen molar-refractivity contribution >= 4 is 11.7 Å². The lowest BCUT2D eigenvalue weighted by Gasteiger charge is -2.34. The summed E-state index contributed by atoms with van der Waals surface area (Å²) in [4.78, 5) is 14.4. The molecule has 1 atom stereocenters. The van der Waals surface area contributed by atoms with Gasteiger partial charge in [-0.3, -0.25) is 0 Å². The summed E-state index contributed by atoms with van der Waals surface area (Å²) in [6.07, 6.45) is 0.783. The van der Waals surface area contributed by atoms with Crippen LogP contribution in [0.15, 0.2) is 48.5 Å². The summed E-state index contributed by atoms with van der Waals surface area (Å²) in [6, 6.07) is 13.4. The highest BCUT2D eigenvalue weighted by atomic mass is 19.1. The number of aliphatic hydroxyl groups excluding tert-OH is 1. The van der Waals surface area contributed by atoms with Gasteiger partial charge in [0.25, 0.3) is 0 Å². The Hall–Kier alpha value is -3.00. The molecule has 30 heavy (non-hydrogen) atoms. The number of halogens is 1. The van der Waals surface area contributed by atoms with Crippen LogP contribution in [0.1, 0.15) is 12.8 Å². The Bertz CT molecular complexity index is 810. The van der Waals surface area contributed by atoms with Crippen LogP contribution in [0.4, 0.5) is 14.9 Å². The fraction of sp³-hybridized carbons (Fsp3) is 0.409. The Kier molecular flexibility index (Phi) is 7.73. The van der Waals surface area contributed by atoms with Gasteiger partial charge in [-0.1, -0.05) is 6.07 Å². The van der Waals surface area contributed by atoms with Gasteiger partial charge >= 0.3 is 6.03 Å². The number of ether oxygens (including phenoxy) is 2. The summed E-state index contributed by atoms with van der Waals surface area (Å²) in [5.41, 5.74) is 1.14. The summed E-state index contributed by atoms with van der Waals surface area (Å²) in [7, 11) is 1.65. The maximum atomic E-state index is 13.1. The lowest BCUT2D eigenvalue weighted by Crippen LogP contribution is -2.49. The number of nitrogens with zero attached hydrogens (tertiary/aromatic N) is 1. The number of rotatable bonds is 8. The third kappa shape index (κ3) is 6.52. The lowest BCUT2D eigenvalue weighted by atomic mass is 10.0. The number of piperidine rings is 1. The molecule has 0 radical (unpaired) electrons. The fourth-order valence-corrected chi connectivity index (χ4v) is 3.33. The van der Waals surface area contributed by atoms with E-state index in [1.165, 1.54) is 18.2 Å². The number of amides is 2. The van der Waals surface area contributed by atoms with Crippen LogP contribution < -0.4 is 25.0 Å². The van der Waals surface area contributed by atoms with Crippen LogP contribution in [0.25, 0.3) is 0 Å². The molecular weight excluding hydrogens is 389 g/mol. The summed E-state index contributed by atoms with van der Waals surface area (Å²) in [5.74, 6) is 0.759. The average Bonchev–Trinajstić information content (AvgIpc) is 2.77. The van der Waals surface area contributed by atoms with Crippen molar-refractivity contribution in [2.45, 2.75) is 25.0 Å². The molecule has 8 heteroatoms. The summed E-state index contributed by atoms with van der Waals surface area (Å²) >= 11 is 0. The van der Waals surface area contributed by atoms with E-state index in [0.717, 1.165) is 37.4 Å². The standard InChI is InChI=1S/C22H28FN3O4/c1-29-20-7-5-18(6-8-20)26-11-9-17(10-12-26)25-22(28)24-14-19(27)15-30-21-4-2-3-16(23)13-21/h2-8,13,17,19,27H,9-12,14-15H2,1H3,(H2,24,25,28). The highest BCUT2D eigenvalue weighted by molar-refractivity contribution is 5.74. The Morgan fingerprint density at radius 1 is 1.20 bits per heavy atom. The van der Waals surface area contributed by atoms with Crippen molar-refractivity contribution in [1.29, 1.82) is 0 Å². The minimum Gasteiger partial charge on any atom is -0.497 e. The van der Waals surface area contributed by atoms with Crippen molar-refractivity contribution in [3.63, 3.8) is 0 Å². The molecule has 0 saturated carbocycles. The normalized spacial score (nSPS) is 15.4. The van der Waals surface area contributed by atoms with E-state index in [9.17, 15) is 14.3 Å². The van der Waals surface area contributed by atoms with Gasteiger partial charge in [0.15, 0.2) is 0 Å². The molecule has 3 rings (SSSR count). The van der Waals surface area contributed by atoms with Crippen LogP contribution in [0.5, 0.6) is 11.5 Å². The second kappa shape index (κ2) is 10.7. The van der Waals surface area contributed by atoms with Gasteiger partial charge in [0.05, 0.1) is 7.11 Å². The highest BCUT2D eigenvalue weighted by Crippen LogP contribution is 2.22. The zero-order chi connectivity index (χ0) is 21.3. The van der Waals surface area contributed by atoms with E-state index in [2.05, 4.69) is 15.5 Å². The molecular formula is C22H28FN3O4. The smallest absolute Gasteiger partial charge is 0.315 e. The first kappa shape index (κ1) is 21.7. The molecule has 2 aromatic carbocycles. The minimum atomic E-state index is -0.893. The molecule has 1 unspecified atom stereocenters. The minimum absolute atomic E-state index is 0.0377. The predicted octanol–water partition coefficient (Wildman–Crippen LogP) is 2.54. The number of hydrogen-bond donors (Lipinski definition) is 3. The van der Waals surface area contributed by atoms with Crippen molar-refractivity contribution < 1.29 is 23.8 Å². The van der Waals surface area contributed by atoms with Gasteiger partial charge in [0, 0.05) is 37.4 Å². The van der Waals surface area contributed by atoms with Crippen molar-refractivity contribution in [3.8, 4) is 11.5 Å². The molecule has 3 N–H and O–H groups in total. The van der Waals surface area contributed by atoms with E-state index < -0.39 is 11.9 Å². The van der Waals surface area contributed by atoms with Crippen LogP contribution in [0.2, 0.25) is 0 Å². The van der Waals surface area contributed by atoms with E-state index in [-0.39, 0.29) is 25.2 Å². The molecule has 2 aromatic rings. The Balaban J connectivity index is 1.33. The van der Waals surface area contributed by atoms with Gasteiger partial charge in [-0.05, 0) is 49.2 Å². The molecule has 0 bridgehead atoms. The monoisotopic (exact) mass is 417 g/mol. The molecule has 1 aliphatic rings. The largest absolute Gasteiger partial charge is 0.497 e. The number of hydrogen-bond acceptors (Lipinski definition) is 5. The third-order valence-corrected chi connectivity index (χ3v) is 5.00.